The Hall–Kier alpha value is -0.600. The lowest BCUT2D eigenvalue weighted by atomic mass is 10.2. The van der Waals surface area contributed by atoms with Crippen molar-refractivity contribution in [3.63, 3.8) is 0 Å². The molecule has 1 aliphatic carbocycles. The number of carbonyl (C=O) groups is 1. The SMILES string of the molecule is CC(C)NC(=O)C(F)C1CC1. The van der Waals surface area contributed by atoms with Gasteiger partial charge in [-0.25, -0.2) is 4.39 Å². The maximum Gasteiger partial charge on any atom is 0.255 e. The van der Waals surface area contributed by atoms with Gasteiger partial charge in [0, 0.05) is 6.04 Å². The van der Waals surface area contributed by atoms with E-state index in [1.807, 2.05) is 13.8 Å². The summed E-state index contributed by atoms with van der Waals surface area (Å²) in [7, 11) is 0. The summed E-state index contributed by atoms with van der Waals surface area (Å²) in [5.74, 6) is -0.434. The molecule has 1 unspecified atom stereocenters. The fourth-order valence-corrected chi connectivity index (χ4v) is 0.967. The molecule has 0 spiro atoms. The van der Waals surface area contributed by atoms with Gasteiger partial charge in [0.15, 0.2) is 6.17 Å². The third kappa shape index (κ3) is 2.48. The second-order valence-electron chi connectivity index (χ2n) is 3.40. The van der Waals surface area contributed by atoms with E-state index in [4.69, 9.17) is 0 Å². The normalized spacial score (nSPS) is 20.0. The highest BCUT2D eigenvalue weighted by molar-refractivity contribution is 5.81. The zero-order valence-corrected chi connectivity index (χ0v) is 6.93. The number of halogens is 1. The molecule has 0 bridgehead atoms. The van der Waals surface area contributed by atoms with Crippen molar-refractivity contribution in [2.75, 3.05) is 0 Å². The quantitative estimate of drug-likeness (QED) is 0.660. The monoisotopic (exact) mass is 159 g/mol. The first-order valence-electron chi connectivity index (χ1n) is 4.05. The van der Waals surface area contributed by atoms with Gasteiger partial charge in [-0.1, -0.05) is 0 Å². The molecule has 1 amide bonds. The van der Waals surface area contributed by atoms with Crippen molar-refractivity contribution < 1.29 is 9.18 Å². The summed E-state index contributed by atoms with van der Waals surface area (Å²) in [5.41, 5.74) is 0. The molecular weight excluding hydrogens is 145 g/mol. The van der Waals surface area contributed by atoms with Crippen molar-refractivity contribution in [2.45, 2.75) is 38.9 Å². The molecule has 0 aromatic rings. The van der Waals surface area contributed by atoms with Crippen LogP contribution < -0.4 is 5.32 Å². The van der Waals surface area contributed by atoms with Gasteiger partial charge in [0.05, 0.1) is 0 Å². The summed E-state index contributed by atoms with van der Waals surface area (Å²) in [4.78, 5) is 10.9. The zero-order chi connectivity index (χ0) is 8.43. The number of amides is 1. The highest BCUT2D eigenvalue weighted by atomic mass is 19.1. The van der Waals surface area contributed by atoms with Gasteiger partial charge in [-0.2, -0.15) is 0 Å². The first kappa shape index (κ1) is 8.50. The number of nitrogens with one attached hydrogen (secondary N) is 1. The van der Waals surface area contributed by atoms with Crippen molar-refractivity contribution >= 4 is 5.91 Å². The molecule has 1 saturated carbocycles. The molecule has 11 heavy (non-hydrogen) atoms. The van der Waals surface area contributed by atoms with E-state index in [9.17, 15) is 9.18 Å². The first-order valence-corrected chi connectivity index (χ1v) is 4.05. The number of rotatable bonds is 3. The predicted octanol–water partition coefficient (Wildman–Crippen LogP) is 1.26. The van der Waals surface area contributed by atoms with Crippen LogP contribution in [0.2, 0.25) is 0 Å². The average molecular weight is 159 g/mol. The Morgan fingerprint density at radius 2 is 2.09 bits per heavy atom. The smallest absolute Gasteiger partial charge is 0.255 e. The minimum atomic E-state index is -1.27. The van der Waals surface area contributed by atoms with E-state index in [1.165, 1.54) is 0 Å². The molecule has 0 aromatic carbocycles. The molecule has 1 aliphatic rings. The van der Waals surface area contributed by atoms with Crippen LogP contribution in [-0.4, -0.2) is 18.1 Å². The van der Waals surface area contributed by atoms with Gasteiger partial charge < -0.3 is 5.32 Å². The summed E-state index contributed by atoms with van der Waals surface area (Å²) >= 11 is 0. The fraction of sp³-hybridized carbons (Fsp3) is 0.875. The van der Waals surface area contributed by atoms with Crippen LogP contribution in [0.4, 0.5) is 4.39 Å². The molecule has 1 rings (SSSR count). The molecule has 0 heterocycles. The van der Waals surface area contributed by atoms with Gasteiger partial charge in [-0.3, -0.25) is 4.79 Å². The van der Waals surface area contributed by atoms with Crippen LogP contribution in [0, 0.1) is 5.92 Å². The van der Waals surface area contributed by atoms with Crippen LogP contribution in [0.5, 0.6) is 0 Å². The Labute approximate surface area is 66.2 Å². The second kappa shape index (κ2) is 3.20. The molecule has 0 saturated heterocycles. The molecule has 0 aliphatic heterocycles. The summed E-state index contributed by atoms with van der Waals surface area (Å²) < 4.78 is 12.9. The van der Waals surface area contributed by atoms with Crippen LogP contribution in [0.25, 0.3) is 0 Å². The molecular formula is C8H14FNO. The average Bonchev–Trinajstić information content (AvgIpc) is 2.65. The number of hydrogen-bond acceptors (Lipinski definition) is 1. The maximum atomic E-state index is 12.9. The molecule has 1 atom stereocenters. The maximum absolute atomic E-state index is 12.9. The Kier molecular flexibility index (Phi) is 2.47. The van der Waals surface area contributed by atoms with E-state index < -0.39 is 12.1 Å². The highest BCUT2D eigenvalue weighted by Gasteiger charge is 2.36. The summed E-state index contributed by atoms with van der Waals surface area (Å²) in [6.45, 7) is 3.66. The fourth-order valence-electron chi connectivity index (χ4n) is 0.967. The predicted molar refractivity (Wildman–Crippen MR) is 40.9 cm³/mol. The molecule has 2 nitrogen and oxygen atoms in total. The van der Waals surface area contributed by atoms with Crippen LogP contribution in [-0.2, 0) is 4.79 Å². The third-order valence-electron chi connectivity index (χ3n) is 1.72. The van der Waals surface area contributed by atoms with Crippen molar-refractivity contribution in [3.05, 3.63) is 0 Å². The lowest BCUT2D eigenvalue weighted by molar-refractivity contribution is -0.127. The summed E-state index contributed by atoms with van der Waals surface area (Å²) in [6, 6.07) is 0.0412. The zero-order valence-electron chi connectivity index (χ0n) is 6.93. The standard InChI is InChI=1S/C8H14FNO/c1-5(2)10-8(11)7(9)6-3-4-6/h5-7H,3-4H2,1-2H3,(H,10,11). The summed E-state index contributed by atoms with van der Waals surface area (Å²) in [6.07, 6.45) is 0.469. The van der Waals surface area contributed by atoms with Crippen molar-refractivity contribution in [1.29, 1.82) is 0 Å². The van der Waals surface area contributed by atoms with Gasteiger partial charge in [0.1, 0.15) is 0 Å². The Morgan fingerprint density at radius 3 is 2.45 bits per heavy atom. The minimum Gasteiger partial charge on any atom is -0.351 e. The van der Waals surface area contributed by atoms with Gasteiger partial charge >= 0.3 is 0 Å². The van der Waals surface area contributed by atoms with E-state index in [0.29, 0.717) is 0 Å². The molecule has 0 aromatic heterocycles. The van der Waals surface area contributed by atoms with Gasteiger partial charge in [-0.05, 0) is 32.6 Å². The topological polar surface area (TPSA) is 29.1 Å². The molecule has 0 radical (unpaired) electrons. The van der Waals surface area contributed by atoms with Gasteiger partial charge in [0.2, 0.25) is 0 Å². The number of hydrogen-bond donors (Lipinski definition) is 1. The first-order chi connectivity index (χ1) is 5.11. The molecule has 64 valence electrons. The van der Waals surface area contributed by atoms with E-state index in [-0.39, 0.29) is 12.0 Å². The Morgan fingerprint density at radius 1 is 1.55 bits per heavy atom. The second-order valence-corrected chi connectivity index (χ2v) is 3.40. The van der Waals surface area contributed by atoms with Crippen LogP contribution >= 0.6 is 0 Å². The Bertz CT molecular complexity index is 154. The number of carbonyl (C=O) groups excluding carboxylic acids is 1. The largest absolute Gasteiger partial charge is 0.351 e. The summed E-state index contributed by atoms with van der Waals surface area (Å²) in [5, 5.41) is 2.55. The number of alkyl halides is 1. The van der Waals surface area contributed by atoms with Gasteiger partial charge in [0.25, 0.3) is 5.91 Å². The van der Waals surface area contributed by atoms with Crippen molar-refractivity contribution in [3.8, 4) is 0 Å². The van der Waals surface area contributed by atoms with Gasteiger partial charge in [-0.15, -0.1) is 0 Å². The van der Waals surface area contributed by atoms with Crippen molar-refractivity contribution in [2.24, 2.45) is 5.92 Å². The van der Waals surface area contributed by atoms with Crippen LogP contribution in [0.15, 0.2) is 0 Å². The molecule has 3 heteroatoms. The van der Waals surface area contributed by atoms with Crippen LogP contribution in [0.3, 0.4) is 0 Å². The van der Waals surface area contributed by atoms with Crippen molar-refractivity contribution in [1.82, 2.24) is 5.32 Å². The molecule has 1 fully saturated rings. The van der Waals surface area contributed by atoms with E-state index in [1.54, 1.807) is 0 Å². The van der Waals surface area contributed by atoms with E-state index in [2.05, 4.69) is 5.32 Å². The highest BCUT2D eigenvalue weighted by Crippen LogP contribution is 2.34. The minimum absolute atomic E-state index is 0.00810. The van der Waals surface area contributed by atoms with Crippen LogP contribution in [0.1, 0.15) is 26.7 Å². The van der Waals surface area contributed by atoms with E-state index >= 15 is 0 Å². The molecule has 1 N–H and O–H groups in total. The lowest BCUT2D eigenvalue weighted by Gasteiger charge is -2.10. The lowest BCUT2D eigenvalue weighted by Crippen LogP contribution is -2.37. The third-order valence-corrected chi connectivity index (χ3v) is 1.72. The van der Waals surface area contributed by atoms with E-state index in [0.717, 1.165) is 12.8 Å². The Balaban J connectivity index is 2.27.